The number of unbranched alkanes of at least 4 members (excludes halogenated alkanes) is 1. The van der Waals surface area contributed by atoms with Crippen molar-refractivity contribution in [2.75, 3.05) is 6.61 Å². The lowest BCUT2D eigenvalue weighted by atomic mass is 10.0. The maximum absolute atomic E-state index is 11.6. The van der Waals surface area contributed by atoms with Crippen LogP contribution in [0.2, 0.25) is 0 Å². The van der Waals surface area contributed by atoms with Crippen LogP contribution < -0.4 is 4.74 Å². The number of benzene rings is 2. The first-order chi connectivity index (χ1) is 11.2. The molecule has 3 nitrogen and oxygen atoms in total. The van der Waals surface area contributed by atoms with Crippen LogP contribution in [-0.2, 0) is 11.2 Å². The van der Waals surface area contributed by atoms with Crippen molar-refractivity contribution >= 4 is 5.78 Å². The number of carbonyl (C=O) groups excluding carboxylic acids is 1. The van der Waals surface area contributed by atoms with Gasteiger partial charge in [-0.25, -0.2) is 0 Å². The number of hydrogen-bond donors (Lipinski definition) is 0. The first kappa shape index (κ1) is 16.8. The van der Waals surface area contributed by atoms with E-state index in [-0.39, 0.29) is 12.4 Å². The molecule has 118 valence electrons. The summed E-state index contributed by atoms with van der Waals surface area (Å²) >= 11 is 0. The predicted molar refractivity (Wildman–Crippen MR) is 91.2 cm³/mol. The van der Waals surface area contributed by atoms with Crippen LogP contribution in [0.4, 0.5) is 0 Å². The van der Waals surface area contributed by atoms with Gasteiger partial charge in [0.1, 0.15) is 12.4 Å². The van der Waals surface area contributed by atoms with E-state index >= 15 is 0 Å². The Morgan fingerprint density at radius 3 is 2.22 bits per heavy atom. The molecule has 0 radical (unpaired) electrons. The predicted octanol–water partition coefficient (Wildman–Crippen LogP) is 4.56. The van der Waals surface area contributed by atoms with Crippen molar-refractivity contribution in [2.24, 2.45) is 0 Å². The molecule has 0 aliphatic heterocycles. The van der Waals surface area contributed by atoms with E-state index in [2.05, 4.69) is 13.0 Å². The van der Waals surface area contributed by atoms with Gasteiger partial charge in [-0.2, -0.15) is 5.26 Å². The number of carbonyl (C=O) groups is 1. The van der Waals surface area contributed by atoms with Crippen LogP contribution in [0.1, 0.15) is 31.7 Å². The number of rotatable bonds is 8. The van der Waals surface area contributed by atoms with Gasteiger partial charge in [0, 0.05) is 6.42 Å². The number of hydrogen-bond acceptors (Lipinski definition) is 3. The van der Waals surface area contributed by atoms with E-state index in [0.29, 0.717) is 18.6 Å². The Morgan fingerprint density at radius 2 is 1.65 bits per heavy atom. The summed E-state index contributed by atoms with van der Waals surface area (Å²) < 4.78 is 5.52. The molecule has 0 unspecified atom stereocenters. The summed E-state index contributed by atoms with van der Waals surface area (Å²) in [5, 5.41) is 8.69. The van der Waals surface area contributed by atoms with Crippen LogP contribution in [0.3, 0.4) is 0 Å². The van der Waals surface area contributed by atoms with Gasteiger partial charge in [-0.05, 0) is 35.2 Å². The lowest BCUT2D eigenvalue weighted by molar-refractivity contribution is -0.121. The van der Waals surface area contributed by atoms with Crippen LogP contribution >= 0.6 is 0 Å². The lowest BCUT2D eigenvalue weighted by Crippen LogP contribution is -2.10. The zero-order valence-corrected chi connectivity index (χ0v) is 13.4. The number of nitriles is 1. The quantitative estimate of drug-likeness (QED) is 0.718. The van der Waals surface area contributed by atoms with E-state index in [0.717, 1.165) is 29.5 Å². The van der Waals surface area contributed by atoms with E-state index in [9.17, 15) is 4.79 Å². The Kier molecular flexibility index (Phi) is 6.38. The Balaban J connectivity index is 1.94. The van der Waals surface area contributed by atoms with Gasteiger partial charge in [-0.1, -0.05) is 49.7 Å². The van der Waals surface area contributed by atoms with Crippen molar-refractivity contribution in [1.82, 2.24) is 0 Å². The van der Waals surface area contributed by atoms with E-state index in [4.69, 9.17) is 10.00 Å². The van der Waals surface area contributed by atoms with E-state index in [1.807, 2.05) is 48.5 Å². The summed E-state index contributed by atoms with van der Waals surface area (Å²) in [7, 11) is 0. The van der Waals surface area contributed by atoms with Crippen LogP contribution in [0, 0.1) is 11.3 Å². The van der Waals surface area contributed by atoms with Crippen molar-refractivity contribution in [2.45, 2.75) is 32.6 Å². The third-order valence-corrected chi connectivity index (χ3v) is 3.63. The Hall–Kier alpha value is -2.60. The molecule has 0 saturated heterocycles. The van der Waals surface area contributed by atoms with Crippen LogP contribution in [0.25, 0.3) is 11.1 Å². The van der Waals surface area contributed by atoms with Crippen LogP contribution in [0.5, 0.6) is 5.75 Å². The molecular formula is C20H21NO2. The number of nitrogens with zero attached hydrogens (tertiary/aromatic N) is 1. The monoisotopic (exact) mass is 307 g/mol. The van der Waals surface area contributed by atoms with Crippen molar-refractivity contribution in [1.29, 1.82) is 5.26 Å². The molecule has 2 aromatic rings. The minimum absolute atomic E-state index is 0.141. The highest BCUT2D eigenvalue weighted by atomic mass is 16.5. The van der Waals surface area contributed by atoms with E-state index in [1.165, 1.54) is 0 Å². The highest BCUT2D eigenvalue weighted by Gasteiger charge is 2.03. The molecule has 0 atom stereocenters. The molecule has 0 fully saturated rings. The van der Waals surface area contributed by atoms with Crippen LogP contribution in [0.15, 0.2) is 48.5 Å². The average Bonchev–Trinajstić information content (AvgIpc) is 2.59. The zero-order valence-electron chi connectivity index (χ0n) is 13.4. The molecule has 0 aromatic heterocycles. The molecule has 0 spiro atoms. The SMILES string of the molecule is CCCCC(=O)COc1ccc(-c2ccc(CC#N)cc2)cc1. The molecule has 2 aromatic carbocycles. The second kappa shape index (κ2) is 8.75. The minimum atomic E-state index is 0.141. The van der Waals surface area contributed by atoms with Crippen molar-refractivity contribution < 1.29 is 9.53 Å². The van der Waals surface area contributed by atoms with Gasteiger partial charge in [-0.15, -0.1) is 0 Å². The largest absolute Gasteiger partial charge is 0.486 e. The summed E-state index contributed by atoms with van der Waals surface area (Å²) in [5.41, 5.74) is 3.19. The standard InChI is InChI=1S/C20H21NO2/c1-2-3-4-19(22)15-23-20-11-9-18(10-12-20)17-7-5-16(6-8-17)13-14-21/h5-12H,2-4,13,15H2,1H3. The average molecular weight is 307 g/mol. The second-order valence-electron chi connectivity index (χ2n) is 5.49. The second-order valence-corrected chi connectivity index (χ2v) is 5.49. The van der Waals surface area contributed by atoms with Gasteiger partial charge in [-0.3, -0.25) is 4.79 Å². The van der Waals surface area contributed by atoms with E-state index < -0.39 is 0 Å². The zero-order chi connectivity index (χ0) is 16.5. The highest BCUT2D eigenvalue weighted by Crippen LogP contribution is 2.23. The number of ether oxygens (including phenoxy) is 1. The fourth-order valence-corrected chi connectivity index (χ4v) is 2.26. The van der Waals surface area contributed by atoms with Gasteiger partial charge in [0.15, 0.2) is 5.78 Å². The molecule has 0 N–H and O–H groups in total. The summed E-state index contributed by atoms with van der Waals surface area (Å²) in [6.45, 7) is 2.21. The summed E-state index contributed by atoms with van der Waals surface area (Å²) in [4.78, 5) is 11.6. The van der Waals surface area contributed by atoms with Gasteiger partial charge >= 0.3 is 0 Å². The smallest absolute Gasteiger partial charge is 0.170 e. The lowest BCUT2D eigenvalue weighted by Gasteiger charge is -2.07. The molecular weight excluding hydrogens is 286 g/mol. The van der Waals surface area contributed by atoms with Crippen molar-refractivity contribution in [3.05, 3.63) is 54.1 Å². The molecule has 0 aliphatic rings. The van der Waals surface area contributed by atoms with Crippen molar-refractivity contribution in [3.63, 3.8) is 0 Å². The molecule has 0 heterocycles. The molecule has 2 rings (SSSR count). The first-order valence-corrected chi connectivity index (χ1v) is 7.93. The third-order valence-electron chi connectivity index (χ3n) is 3.63. The first-order valence-electron chi connectivity index (χ1n) is 7.93. The minimum Gasteiger partial charge on any atom is -0.486 e. The fourth-order valence-electron chi connectivity index (χ4n) is 2.26. The van der Waals surface area contributed by atoms with Gasteiger partial charge in [0.2, 0.25) is 0 Å². The Bertz CT molecular complexity index is 666. The summed E-state index contributed by atoms with van der Waals surface area (Å²) in [5.74, 6) is 0.851. The van der Waals surface area contributed by atoms with Gasteiger partial charge in [0.25, 0.3) is 0 Å². The summed E-state index contributed by atoms with van der Waals surface area (Å²) in [6.07, 6.45) is 2.96. The van der Waals surface area contributed by atoms with Gasteiger partial charge < -0.3 is 4.74 Å². The molecule has 0 saturated carbocycles. The number of Topliss-reactive ketones (excluding diaryl/α,β-unsaturated/α-hetero) is 1. The normalized spacial score (nSPS) is 10.1. The maximum Gasteiger partial charge on any atom is 0.170 e. The van der Waals surface area contributed by atoms with E-state index in [1.54, 1.807) is 0 Å². The van der Waals surface area contributed by atoms with Crippen LogP contribution in [-0.4, -0.2) is 12.4 Å². The molecule has 0 bridgehead atoms. The molecule has 23 heavy (non-hydrogen) atoms. The fraction of sp³-hybridized carbons (Fsp3) is 0.300. The topological polar surface area (TPSA) is 50.1 Å². The number of ketones is 1. The molecule has 0 aliphatic carbocycles. The highest BCUT2D eigenvalue weighted by molar-refractivity contribution is 5.79. The Morgan fingerprint density at radius 1 is 1.04 bits per heavy atom. The third kappa shape index (κ3) is 5.27. The maximum atomic E-state index is 11.6. The Labute approximate surface area is 137 Å². The molecule has 0 amide bonds. The summed E-state index contributed by atoms with van der Waals surface area (Å²) in [6, 6.07) is 17.8. The van der Waals surface area contributed by atoms with Gasteiger partial charge in [0.05, 0.1) is 12.5 Å². The molecule has 3 heteroatoms. The van der Waals surface area contributed by atoms with Crippen molar-refractivity contribution in [3.8, 4) is 22.9 Å².